The molecule has 0 fully saturated rings. The van der Waals surface area contributed by atoms with E-state index < -0.39 is 5.91 Å². The number of amides is 6. The Morgan fingerprint density at radius 2 is 0.818 bits per heavy atom. The molecule has 0 saturated heterocycles. The van der Waals surface area contributed by atoms with Gasteiger partial charge < -0.3 is 35.8 Å². The third kappa shape index (κ3) is 32.7. The quantitative estimate of drug-likeness (QED) is 0.146. The number of ether oxygens (including phenoxy) is 1. The van der Waals surface area contributed by atoms with Crippen molar-refractivity contribution in [1.29, 1.82) is 0 Å². The monoisotopic (exact) mass is 1060 g/mol. The summed E-state index contributed by atoms with van der Waals surface area (Å²) in [7, 11) is 3.57. The van der Waals surface area contributed by atoms with Crippen molar-refractivity contribution in [1.82, 2.24) is 20.4 Å². The van der Waals surface area contributed by atoms with Gasteiger partial charge in [0, 0.05) is 99.9 Å². The van der Waals surface area contributed by atoms with Gasteiger partial charge in [0.25, 0.3) is 0 Å². The Kier molecular flexibility index (Phi) is 35.2. The molecule has 0 spiro atoms. The van der Waals surface area contributed by atoms with Crippen LogP contribution < -0.4 is 21.3 Å². The number of nitrogens with one attached hydrogen (secondary N) is 4. The predicted octanol–water partition coefficient (Wildman–Crippen LogP) is 11.5. The largest absolute Gasteiger partial charge is 0.466 e. The lowest BCUT2D eigenvalue weighted by atomic mass is 10.0. The molecule has 3 heterocycles. The van der Waals surface area contributed by atoms with Crippen LogP contribution >= 0.6 is 0 Å². The van der Waals surface area contributed by atoms with Crippen molar-refractivity contribution in [2.45, 2.75) is 186 Å². The zero-order valence-corrected chi connectivity index (χ0v) is 46.7. The minimum Gasteiger partial charge on any atom is -0.466 e. The minimum absolute atomic E-state index is 0.0778. The van der Waals surface area contributed by atoms with Gasteiger partial charge in [-0.1, -0.05) is 115 Å². The third-order valence-corrected chi connectivity index (χ3v) is 13.6. The van der Waals surface area contributed by atoms with E-state index in [0.29, 0.717) is 61.7 Å². The fourth-order valence-electron chi connectivity index (χ4n) is 8.74. The SMILES string of the molecule is CN1CCCCCCCCCCCCNC(=O)C=CC(=O)Nc2ccc(cc2)C(=O)c2ccc(cc2)NC(=O)CCCCC=CCCCCOC(=O)CCC(=O)NCCCCCCCCCCCCN(C)C(=O)C=CC1=O. The molecule has 4 bridgehead atoms. The number of hydrogen-bond acceptors (Lipinski definition) is 9. The van der Waals surface area contributed by atoms with E-state index in [1.54, 1.807) is 72.4 Å². The van der Waals surface area contributed by atoms with Crippen LogP contribution in [-0.2, 0) is 38.3 Å². The van der Waals surface area contributed by atoms with Crippen LogP contribution in [0.15, 0.2) is 85.0 Å². The average molecular weight is 1070 g/mol. The lowest BCUT2D eigenvalue weighted by Gasteiger charge is -2.16. The molecule has 6 amide bonds. The molecule has 4 N–H and O–H groups in total. The Labute approximate surface area is 460 Å². The van der Waals surface area contributed by atoms with Crippen molar-refractivity contribution in [2.24, 2.45) is 0 Å². The summed E-state index contributed by atoms with van der Waals surface area (Å²) < 4.78 is 5.31. The first kappa shape index (κ1) is 64.9. The Hall–Kier alpha value is -6.38. The molecule has 77 heavy (non-hydrogen) atoms. The molecular formula is C62H92N6O9. The number of benzene rings is 2. The maximum atomic E-state index is 13.2. The second kappa shape index (κ2) is 41.7. The molecule has 0 radical (unpaired) electrons. The fourth-order valence-corrected chi connectivity index (χ4v) is 8.74. The van der Waals surface area contributed by atoms with E-state index in [-0.39, 0.29) is 54.1 Å². The third-order valence-electron chi connectivity index (χ3n) is 13.6. The highest BCUT2D eigenvalue weighted by molar-refractivity contribution is 6.10. The Balaban J connectivity index is 1.37. The highest BCUT2D eigenvalue weighted by Gasteiger charge is 2.13. The van der Waals surface area contributed by atoms with E-state index in [1.807, 2.05) is 0 Å². The summed E-state index contributed by atoms with van der Waals surface area (Å²) in [4.78, 5) is 103. The number of fused-ring (bicyclic) bond motifs is 2. The summed E-state index contributed by atoms with van der Waals surface area (Å²) in [5.74, 6) is -1.87. The molecule has 5 rings (SSSR count). The van der Waals surface area contributed by atoms with Gasteiger partial charge in [-0.05, 0) is 113 Å². The van der Waals surface area contributed by atoms with E-state index in [0.717, 1.165) is 128 Å². The number of carbonyl (C=O) groups excluding carboxylic acids is 8. The van der Waals surface area contributed by atoms with Gasteiger partial charge in [-0.15, -0.1) is 0 Å². The summed E-state index contributed by atoms with van der Waals surface area (Å²) in [6.07, 6.45) is 36.7. The smallest absolute Gasteiger partial charge is 0.306 e. The molecule has 3 aliphatic rings. The van der Waals surface area contributed by atoms with Gasteiger partial charge in [-0.2, -0.15) is 0 Å². The van der Waals surface area contributed by atoms with Crippen molar-refractivity contribution in [2.75, 3.05) is 57.5 Å². The maximum Gasteiger partial charge on any atom is 0.306 e. The summed E-state index contributed by atoms with van der Waals surface area (Å²) in [6, 6.07) is 13.2. The Morgan fingerprint density at radius 1 is 0.390 bits per heavy atom. The van der Waals surface area contributed by atoms with Crippen LogP contribution in [0.4, 0.5) is 11.4 Å². The van der Waals surface area contributed by atoms with Crippen LogP contribution in [0.2, 0.25) is 0 Å². The van der Waals surface area contributed by atoms with Crippen LogP contribution in [-0.4, -0.2) is 104 Å². The van der Waals surface area contributed by atoms with Gasteiger partial charge >= 0.3 is 5.97 Å². The van der Waals surface area contributed by atoms with Crippen molar-refractivity contribution in [3.63, 3.8) is 0 Å². The number of likely N-dealkylation sites (N-methyl/N-ethyl adjacent to an activating group) is 2. The molecule has 2 aromatic carbocycles. The molecule has 0 atom stereocenters. The second-order valence-electron chi connectivity index (χ2n) is 20.4. The molecular weight excluding hydrogens is 973 g/mol. The second-order valence-corrected chi connectivity index (χ2v) is 20.4. The predicted molar refractivity (Wildman–Crippen MR) is 307 cm³/mol. The summed E-state index contributed by atoms with van der Waals surface area (Å²) in [5.41, 5.74) is 1.98. The Morgan fingerprint density at radius 3 is 1.32 bits per heavy atom. The number of rotatable bonds is 0. The van der Waals surface area contributed by atoms with Crippen molar-refractivity contribution < 1.29 is 43.1 Å². The van der Waals surface area contributed by atoms with E-state index in [1.165, 1.54) is 62.8 Å². The molecule has 0 unspecified atom stereocenters. The van der Waals surface area contributed by atoms with E-state index >= 15 is 0 Å². The number of anilines is 2. The van der Waals surface area contributed by atoms with Gasteiger partial charge in [0.05, 0.1) is 13.0 Å². The molecule has 424 valence electrons. The zero-order valence-electron chi connectivity index (χ0n) is 46.7. The highest BCUT2D eigenvalue weighted by atomic mass is 16.5. The number of allylic oxidation sites excluding steroid dienone is 2. The van der Waals surface area contributed by atoms with E-state index in [4.69, 9.17) is 4.74 Å². The van der Waals surface area contributed by atoms with Gasteiger partial charge in [0.2, 0.25) is 35.4 Å². The van der Waals surface area contributed by atoms with Gasteiger partial charge in [-0.25, -0.2) is 0 Å². The van der Waals surface area contributed by atoms with Crippen LogP contribution in [0.3, 0.4) is 0 Å². The first-order valence-electron chi connectivity index (χ1n) is 29.0. The van der Waals surface area contributed by atoms with Crippen LogP contribution in [0.5, 0.6) is 0 Å². The van der Waals surface area contributed by atoms with Gasteiger partial charge in [-0.3, -0.25) is 38.4 Å². The lowest BCUT2D eigenvalue weighted by Crippen LogP contribution is -2.28. The van der Waals surface area contributed by atoms with Crippen LogP contribution in [0.25, 0.3) is 0 Å². The maximum absolute atomic E-state index is 13.2. The number of carbonyl (C=O) groups is 8. The first-order valence-corrected chi connectivity index (χ1v) is 29.0. The minimum atomic E-state index is -0.462. The van der Waals surface area contributed by atoms with Crippen molar-refractivity contribution in [3.8, 4) is 0 Å². The van der Waals surface area contributed by atoms with Crippen LogP contribution in [0, 0.1) is 0 Å². The number of nitrogens with zero attached hydrogens (tertiary/aromatic N) is 2. The summed E-state index contributed by atoms with van der Waals surface area (Å²) >= 11 is 0. The van der Waals surface area contributed by atoms with Gasteiger partial charge in [0.15, 0.2) is 5.78 Å². The highest BCUT2D eigenvalue weighted by Crippen LogP contribution is 2.18. The standard InChI is InChI=1S/C62H92N6O9/c1-67-48-28-22-16-10-5-3-8-14-20-26-46-63-55(69)40-41-58(72)66-54-38-34-52(35-39-54)62(76)51-32-36-53(37-33-51)65-57(71)31-25-19-13-7-12-18-24-30-50-77-61(75)45-42-56(70)64-47-27-21-15-9-4-6-11-17-23-29-49-68(2)60(74)44-43-59(67)73/h7,12,32-41,43-44H,3-6,8-11,13-31,42,45-50H2,1-2H3,(H,63,69)(H,64,70)(H,65,71)(H,66,72). The molecule has 0 saturated carbocycles. The van der Waals surface area contributed by atoms with Crippen molar-refractivity contribution >= 4 is 58.6 Å². The fraction of sp³-hybridized carbons (Fsp3) is 0.581. The van der Waals surface area contributed by atoms with E-state index in [9.17, 15) is 38.4 Å². The number of esters is 1. The first-order chi connectivity index (χ1) is 37.4. The lowest BCUT2D eigenvalue weighted by molar-refractivity contribution is -0.145. The molecule has 15 heteroatoms. The number of ketones is 1. The van der Waals surface area contributed by atoms with Crippen LogP contribution in [0.1, 0.15) is 202 Å². The molecule has 15 nitrogen and oxygen atoms in total. The normalized spacial score (nSPS) is 19.6. The molecule has 3 aliphatic heterocycles. The Bertz CT molecular complexity index is 2150. The molecule has 0 aromatic heterocycles. The molecule has 0 aliphatic carbocycles. The average Bonchev–Trinajstić information content (AvgIpc) is 3.42. The summed E-state index contributed by atoms with van der Waals surface area (Å²) in [5, 5.41) is 11.4. The van der Waals surface area contributed by atoms with Gasteiger partial charge in [0.1, 0.15) is 0 Å². The zero-order chi connectivity index (χ0) is 55.6. The van der Waals surface area contributed by atoms with E-state index in [2.05, 4.69) is 33.4 Å². The summed E-state index contributed by atoms with van der Waals surface area (Å²) in [6.45, 7) is 2.82. The van der Waals surface area contributed by atoms with Crippen molar-refractivity contribution in [3.05, 3.63) is 96.1 Å². The number of hydrogen-bond donors (Lipinski definition) is 4. The topological polar surface area (TPSA) is 200 Å². The molecule has 2 aromatic rings.